The van der Waals surface area contributed by atoms with E-state index in [4.69, 9.17) is 0 Å². The average molecular weight is 200 g/mol. The van der Waals surface area contributed by atoms with Crippen LogP contribution in [0.15, 0.2) is 48.7 Å². The highest BCUT2D eigenvalue weighted by atomic mass is 19.1. The second kappa shape index (κ2) is 4.00. The monoisotopic (exact) mass is 200 g/mol. The standard InChI is InChI=1S/C12H8FNO/c13-10-6-4-9(5-7-10)12(15)11-3-1-2-8-14-11/h1-8H/i12-1. The molecule has 1 heterocycles. The number of carbonyl (C=O) groups is 1. The third-order valence-corrected chi connectivity index (χ3v) is 2.00. The molecule has 2 rings (SSSR count). The van der Waals surface area contributed by atoms with Gasteiger partial charge in [-0.05, 0) is 36.4 Å². The van der Waals surface area contributed by atoms with Crippen LogP contribution in [0.1, 0.15) is 16.1 Å². The van der Waals surface area contributed by atoms with Gasteiger partial charge in [0.15, 0.2) is 0 Å². The van der Waals surface area contributed by atoms with E-state index in [-0.39, 0.29) is 11.6 Å². The van der Waals surface area contributed by atoms with Crippen molar-refractivity contribution < 1.29 is 9.18 Å². The number of benzene rings is 1. The Hall–Kier alpha value is -2.03. The molecule has 3 heteroatoms. The summed E-state index contributed by atoms with van der Waals surface area (Å²) in [4.78, 5) is 15.7. The normalized spacial score (nSPS) is 9.93. The second-order valence-electron chi connectivity index (χ2n) is 3.05. The molecule has 0 bridgehead atoms. The fraction of sp³-hybridized carbons (Fsp3) is 0. The van der Waals surface area contributed by atoms with Gasteiger partial charge in [-0.1, -0.05) is 6.07 Å². The molecule has 2 nitrogen and oxygen atoms in total. The molecule has 0 aliphatic rings. The van der Waals surface area contributed by atoms with E-state index in [1.807, 2.05) is 0 Å². The van der Waals surface area contributed by atoms with Gasteiger partial charge >= 0.3 is 0 Å². The van der Waals surface area contributed by atoms with E-state index in [0.717, 1.165) is 0 Å². The smallest absolute Gasteiger partial charge is 0.211 e. The lowest BCUT2D eigenvalue weighted by molar-refractivity contribution is 0.103. The van der Waals surface area contributed by atoms with Crippen molar-refractivity contribution in [2.75, 3.05) is 0 Å². The Labute approximate surface area is 86.4 Å². The van der Waals surface area contributed by atoms with E-state index in [2.05, 4.69) is 4.98 Å². The van der Waals surface area contributed by atoms with E-state index in [0.29, 0.717) is 11.3 Å². The van der Waals surface area contributed by atoms with Crippen LogP contribution in [0.3, 0.4) is 0 Å². The van der Waals surface area contributed by atoms with Gasteiger partial charge in [0.05, 0.1) is 0 Å². The first-order valence-electron chi connectivity index (χ1n) is 4.48. The maximum atomic E-state index is 12.6. The summed E-state index contributed by atoms with van der Waals surface area (Å²) in [6, 6.07) is 10.5. The summed E-state index contributed by atoms with van der Waals surface area (Å²) < 4.78 is 12.6. The molecule has 0 aliphatic heterocycles. The lowest BCUT2D eigenvalue weighted by atomic mass is 9.73. The Balaban J connectivity index is 2.33. The molecule has 1 aromatic heterocycles. The van der Waals surface area contributed by atoms with Crippen LogP contribution in [-0.2, 0) is 0 Å². The van der Waals surface area contributed by atoms with Gasteiger partial charge in [-0.25, -0.2) is 4.39 Å². The summed E-state index contributed by atoms with van der Waals surface area (Å²) in [5.41, 5.74) is 0.805. The van der Waals surface area contributed by atoms with E-state index in [1.165, 1.54) is 24.3 Å². The number of rotatable bonds is 2. The first-order chi connectivity index (χ1) is 7.27. The van der Waals surface area contributed by atoms with Crippen LogP contribution in [0.5, 0.6) is 0 Å². The zero-order chi connectivity index (χ0) is 10.7. The van der Waals surface area contributed by atoms with Crippen molar-refractivity contribution in [2.24, 2.45) is 0 Å². The lowest BCUT2D eigenvalue weighted by Crippen LogP contribution is -2.03. The van der Waals surface area contributed by atoms with Crippen LogP contribution in [0.4, 0.5) is 4.39 Å². The fourth-order valence-corrected chi connectivity index (χ4v) is 1.25. The van der Waals surface area contributed by atoms with Crippen LogP contribution in [-0.4, -0.2) is 10.8 Å². The van der Waals surface area contributed by atoms with Crippen molar-refractivity contribution in [2.45, 2.75) is 0 Å². The quantitative estimate of drug-likeness (QED) is 0.697. The van der Waals surface area contributed by atoms with Crippen LogP contribution in [0.2, 0.25) is 0 Å². The zero-order valence-corrected chi connectivity index (χ0v) is 7.85. The highest BCUT2D eigenvalue weighted by Crippen LogP contribution is 2.08. The van der Waals surface area contributed by atoms with Crippen molar-refractivity contribution in [1.29, 1.82) is 0 Å². The van der Waals surface area contributed by atoms with E-state index in [9.17, 15) is 9.18 Å². The number of halogens is 1. The van der Waals surface area contributed by atoms with Gasteiger partial charge in [-0.2, -0.15) is 0 Å². The van der Waals surface area contributed by atoms with Gasteiger partial charge in [-0.3, -0.25) is 9.78 Å². The maximum absolute atomic E-state index is 12.6. The molecular weight excluding hydrogens is 192 g/mol. The third-order valence-electron chi connectivity index (χ3n) is 2.00. The molecule has 0 saturated carbocycles. The number of carbonyl (C=O) groups excluding carboxylic acids is 1. The van der Waals surface area contributed by atoms with Gasteiger partial charge in [0.1, 0.15) is 11.5 Å². The first-order valence-corrected chi connectivity index (χ1v) is 4.48. The van der Waals surface area contributed by atoms with Crippen LogP contribution in [0, 0.1) is 5.82 Å². The fourth-order valence-electron chi connectivity index (χ4n) is 1.25. The number of ketones is 1. The molecule has 0 aliphatic carbocycles. The van der Waals surface area contributed by atoms with Crippen molar-refractivity contribution in [3.63, 3.8) is 0 Å². The molecule has 74 valence electrons. The van der Waals surface area contributed by atoms with E-state index in [1.54, 1.807) is 24.4 Å². The zero-order valence-electron chi connectivity index (χ0n) is 7.85. The van der Waals surface area contributed by atoms with Gasteiger partial charge in [0, 0.05) is 11.8 Å². The highest BCUT2D eigenvalue weighted by Gasteiger charge is 2.08. The number of nitrogens with zero attached hydrogens (tertiary/aromatic N) is 1. The number of aromatic nitrogens is 1. The predicted molar refractivity (Wildman–Crippen MR) is 54.1 cm³/mol. The molecule has 0 radical (unpaired) electrons. The Kier molecular flexibility index (Phi) is 2.54. The summed E-state index contributed by atoms with van der Waals surface area (Å²) >= 11 is 0. The summed E-state index contributed by atoms with van der Waals surface area (Å²) in [5.74, 6) is -0.553. The predicted octanol–water partition coefficient (Wildman–Crippen LogP) is 2.45. The average Bonchev–Trinajstić information content (AvgIpc) is 2.30. The minimum absolute atomic E-state index is 0.199. The number of hydrogen-bond donors (Lipinski definition) is 0. The summed E-state index contributed by atoms with van der Waals surface area (Å²) in [5, 5.41) is 0. The highest BCUT2D eigenvalue weighted by molar-refractivity contribution is 6.07. The Morgan fingerprint density at radius 2 is 1.80 bits per heavy atom. The Morgan fingerprint density at radius 1 is 1.07 bits per heavy atom. The molecule has 0 spiro atoms. The molecule has 0 unspecified atom stereocenters. The van der Waals surface area contributed by atoms with Crippen LogP contribution < -0.4 is 0 Å². The topological polar surface area (TPSA) is 30.0 Å². The van der Waals surface area contributed by atoms with Gasteiger partial charge in [0.25, 0.3) is 0 Å². The van der Waals surface area contributed by atoms with Crippen molar-refractivity contribution in [3.05, 3.63) is 65.7 Å². The Morgan fingerprint density at radius 3 is 2.40 bits per heavy atom. The second-order valence-corrected chi connectivity index (χ2v) is 3.05. The molecule has 0 amide bonds. The summed E-state index contributed by atoms with van der Waals surface area (Å²) in [6.07, 6.45) is 1.55. The van der Waals surface area contributed by atoms with Crippen molar-refractivity contribution in [3.8, 4) is 0 Å². The van der Waals surface area contributed by atoms with Gasteiger partial charge in [-0.15, -0.1) is 0 Å². The molecule has 0 saturated heterocycles. The first kappa shape index (κ1) is 9.52. The SMILES string of the molecule is O=[11C](c1ccc(F)cc1)c1ccccn1. The molecule has 2 aromatic rings. The minimum atomic E-state index is -0.354. The number of hydrogen-bond acceptors (Lipinski definition) is 2. The largest absolute Gasteiger partial charge is 0.287 e. The molecule has 0 fully saturated rings. The van der Waals surface area contributed by atoms with Crippen molar-refractivity contribution >= 4 is 5.78 Å². The molecule has 15 heavy (non-hydrogen) atoms. The molecule has 0 N–H and O–H groups in total. The Bertz CT molecular complexity index is 465. The van der Waals surface area contributed by atoms with Crippen LogP contribution in [0.25, 0.3) is 0 Å². The van der Waals surface area contributed by atoms with Crippen LogP contribution >= 0.6 is 0 Å². The van der Waals surface area contributed by atoms with E-state index >= 15 is 0 Å². The summed E-state index contributed by atoms with van der Waals surface area (Å²) in [7, 11) is 0. The van der Waals surface area contributed by atoms with Gasteiger partial charge in [0.2, 0.25) is 5.78 Å². The number of pyridine rings is 1. The molecular formula is C12H8FNO. The molecule has 0 atom stereocenters. The summed E-state index contributed by atoms with van der Waals surface area (Å²) in [6.45, 7) is 0. The minimum Gasteiger partial charge on any atom is -0.287 e. The van der Waals surface area contributed by atoms with E-state index < -0.39 is 0 Å². The lowest BCUT2D eigenvalue weighted by Gasteiger charge is -1.99. The molecule has 1 aromatic carbocycles. The third kappa shape index (κ3) is 2.07. The van der Waals surface area contributed by atoms with Crippen molar-refractivity contribution in [1.82, 2.24) is 4.98 Å². The van der Waals surface area contributed by atoms with Gasteiger partial charge < -0.3 is 0 Å². The maximum Gasteiger partial charge on any atom is 0.211 e.